The molecule has 0 aliphatic carbocycles. The van der Waals surface area contributed by atoms with Crippen molar-refractivity contribution in [3.63, 3.8) is 0 Å². The first-order chi connectivity index (χ1) is 16.7. The Bertz CT molecular complexity index is 1010. The number of aromatic nitrogens is 3. The molecule has 0 atom stereocenters. The maximum absolute atomic E-state index is 5.96. The Kier molecular flexibility index (Phi) is 10.7. The van der Waals surface area contributed by atoms with Gasteiger partial charge < -0.3 is 18.9 Å². The van der Waals surface area contributed by atoms with Crippen molar-refractivity contribution in [1.82, 2.24) is 15.2 Å². The van der Waals surface area contributed by atoms with Gasteiger partial charge in [0.15, 0.2) is 11.5 Å². The van der Waals surface area contributed by atoms with Crippen LogP contribution in [0.2, 0.25) is 0 Å². The fourth-order valence-electron chi connectivity index (χ4n) is 3.12. The van der Waals surface area contributed by atoms with E-state index in [1.165, 1.54) is 25.6 Å². The molecule has 0 saturated carbocycles. The first-order valence-corrected chi connectivity index (χ1v) is 12.3. The maximum Gasteiger partial charge on any atom is 0.245 e. The van der Waals surface area contributed by atoms with Crippen LogP contribution in [0.4, 0.5) is 5.95 Å². The molecule has 9 heteroatoms. The number of hydrogen-bond acceptors (Lipinski definition) is 7. The topological polar surface area (TPSA) is 90.9 Å². The summed E-state index contributed by atoms with van der Waals surface area (Å²) in [5.41, 5.74) is 0.836. The molecule has 1 aromatic heterocycles. The monoisotopic (exact) mass is 530 g/mol. The van der Waals surface area contributed by atoms with Crippen LogP contribution in [-0.4, -0.2) is 47.8 Å². The van der Waals surface area contributed by atoms with Gasteiger partial charge in [-0.2, -0.15) is 10.1 Å². The Labute approximate surface area is 208 Å². The predicted molar refractivity (Wildman–Crippen MR) is 136 cm³/mol. The van der Waals surface area contributed by atoms with Gasteiger partial charge in [-0.15, -0.1) is 0 Å². The van der Waals surface area contributed by atoms with E-state index in [4.69, 9.17) is 18.9 Å². The van der Waals surface area contributed by atoms with Crippen molar-refractivity contribution in [2.24, 2.45) is 4.99 Å². The molecule has 1 heterocycles. The van der Waals surface area contributed by atoms with Crippen LogP contribution < -0.4 is 18.9 Å². The van der Waals surface area contributed by atoms with Crippen molar-refractivity contribution in [3.8, 4) is 23.0 Å². The number of benzene rings is 2. The normalized spacial score (nSPS) is 11.0. The molecule has 0 aliphatic rings. The summed E-state index contributed by atoms with van der Waals surface area (Å²) in [5.74, 6) is 3.30. The van der Waals surface area contributed by atoms with Crippen LogP contribution in [0, 0.1) is 0 Å². The summed E-state index contributed by atoms with van der Waals surface area (Å²) in [4.78, 5) is 8.23. The summed E-state index contributed by atoms with van der Waals surface area (Å²) in [6.07, 6.45) is 7.85. The van der Waals surface area contributed by atoms with Gasteiger partial charge in [0.2, 0.25) is 5.95 Å². The van der Waals surface area contributed by atoms with Gasteiger partial charge >= 0.3 is 0 Å². The number of aromatic amines is 1. The van der Waals surface area contributed by atoms with Crippen LogP contribution in [0.3, 0.4) is 0 Å². The first kappa shape index (κ1) is 25.6. The zero-order valence-corrected chi connectivity index (χ0v) is 21.2. The molecule has 3 rings (SSSR count). The highest BCUT2D eigenvalue weighted by atomic mass is 79.9. The van der Waals surface area contributed by atoms with Crippen LogP contribution in [0.15, 0.2) is 52.2 Å². The van der Waals surface area contributed by atoms with Crippen LogP contribution in [0.5, 0.6) is 23.0 Å². The van der Waals surface area contributed by atoms with E-state index >= 15 is 0 Å². The number of aliphatic imine (C=N–C) groups is 1. The molecule has 0 radical (unpaired) electrons. The van der Waals surface area contributed by atoms with Gasteiger partial charge in [0.05, 0.1) is 17.7 Å². The molecule has 8 nitrogen and oxygen atoms in total. The summed E-state index contributed by atoms with van der Waals surface area (Å²) >= 11 is 3.57. The highest BCUT2D eigenvalue weighted by molar-refractivity contribution is 9.10. The molecular formula is C25H31BrN4O4. The highest BCUT2D eigenvalue weighted by Gasteiger charge is 2.12. The maximum atomic E-state index is 5.96. The van der Waals surface area contributed by atoms with Gasteiger partial charge in [0.1, 0.15) is 31.0 Å². The Morgan fingerprint density at radius 2 is 1.65 bits per heavy atom. The lowest BCUT2D eigenvalue weighted by atomic mass is 10.2. The third kappa shape index (κ3) is 8.37. The highest BCUT2D eigenvalue weighted by Crippen LogP contribution is 2.36. The van der Waals surface area contributed by atoms with Crippen molar-refractivity contribution in [2.45, 2.75) is 39.5 Å². The van der Waals surface area contributed by atoms with E-state index < -0.39 is 0 Å². The number of ether oxygens (including phenoxy) is 4. The average molecular weight is 531 g/mol. The van der Waals surface area contributed by atoms with E-state index in [1.807, 2.05) is 43.3 Å². The van der Waals surface area contributed by atoms with E-state index in [0.717, 1.165) is 34.6 Å². The smallest absolute Gasteiger partial charge is 0.245 e. The van der Waals surface area contributed by atoms with Gasteiger partial charge in [0.25, 0.3) is 0 Å². The number of nitrogens with one attached hydrogen (secondary N) is 1. The quantitative estimate of drug-likeness (QED) is 0.187. The molecule has 2 aromatic carbocycles. The van der Waals surface area contributed by atoms with Gasteiger partial charge in [-0.05, 0) is 71.2 Å². The molecule has 0 saturated heterocycles. The van der Waals surface area contributed by atoms with Crippen molar-refractivity contribution in [2.75, 3.05) is 26.4 Å². The van der Waals surface area contributed by atoms with Crippen molar-refractivity contribution >= 4 is 28.1 Å². The molecule has 0 aliphatic heterocycles. The second kappa shape index (κ2) is 14.2. The fraction of sp³-hybridized carbons (Fsp3) is 0.400. The summed E-state index contributed by atoms with van der Waals surface area (Å²) in [7, 11) is 0. The summed E-state index contributed by atoms with van der Waals surface area (Å²) in [6, 6.07) is 11.4. The van der Waals surface area contributed by atoms with Crippen molar-refractivity contribution < 1.29 is 18.9 Å². The fourth-order valence-corrected chi connectivity index (χ4v) is 3.69. The third-order valence-corrected chi connectivity index (χ3v) is 5.35. The lowest BCUT2D eigenvalue weighted by molar-refractivity contribution is 0.207. The van der Waals surface area contributed by atoms with Gasteiger partial charge in [-0.25, -0.2) is 10.1 Å². The number of halogens is 1. The van der Waals surface area contributed by atoms with Crippen LogP contribution in [0.25, 0.3) is 0 Å². The van der Waals surface area contributed by atoms with Gasteiger partial charge in [-0.3, -0.25) is 0 Å². The van der Waals surface area contributed by atoms with E-state index in [-0.39, 0.29) is 0 Å². The van der Waals surface area contributed by atoms with Crippen molar-refractivity contribution in [3.05, 3.63) is 52.8 Å². The minimum atomic E-state index is 0.361. The standard InChI is InChI=1S/C25H31BrN4O4/c1-3-5-6-7-12-32-20-8-10-21(11-9-20)33-13-14-34-24-22(26)15-19(16-23(24)31-4-2)17-27-25-28-18-29-30-25/h8-11,15-18H,3-7,12-14H2,1-2H3,(H,28,29,30). The Hall–Kier alpha value is -3.07. The zero-order valence-electron chi connectivity index (χ0n) is 19.6. The summed E-state index contributed by atoms with van der Waals surface area (Å²) in [5, 5.41) is 6.47. The summed E-state index contributed by atoms with van der Waals surface area (Å²) < 4.78 is 24.1. The molecule has 0 spiro atoms. The lowest BCUT2D eigenvalue weighted by Crippen LogP contribution is -2.10. The van der Waals surface area contributed by atoms with Crippen LogP contribution in [-0.2, 0) is 0 Å². The molecule has 0 fully saturated rings. The lowest BCUT2D eigenvalue weighted by Gasteiger charge is -2.15. The molecule has 0 amide bonds. The van der Waals surface area contributed by atoms with Gasteiger partial charge in [-0.1, -0.05) is 26.2 Å². The number of unbranched alkanes of at least 4 members (excludes halogenated alkanes) is 3. The largest absolute Gasteiger partial charge is 0.494 e. The minimum absolute atomic E-state index is 0.361. The number of nitrogens with zero attached hydrogens (tertiary/aromatic N) is 3. The number of hydrogen-bond donors (Lipinski definition) is 1. The minimum Gasteiger partial charge on any atom is -0.494 e. The van der Waals surface area contributed by atoms with Crippen molar-refractivity contribution in [1.29, 1.82) is 0 Å². The Balaban J connectivity index is 1.49. The third-order valence-electron chi connectivity index (χ3n) is 4.76. The molecule has 0 bridgehead atoms. The molecule has 3 aromatic rings. The molecule has 0 unspecified atom stereocenters. The first-order valence-electron chi connectivity index (χ1n) is 11.5. The Morgan fingerprint density at radius 3 is 2.32 bits per heavy atom. The summed E-state index contributed by atoms with van der Waals surface area (Å²) in [6.45, 7) is 6.14. The van der Waals surface area contributed by atoms with Crippen LogP contribution >= 0.6 is 15.9 Å². The number of H-pyrrole nitrogens is 1. The molecule has 34 heavy (non-hydrogen) atoms. The second-order valence-electron chi connectivity index (χ2n) is 7.41. The SMILES string of the molecule is CCCCCCOc1ccc(OCCOc2c(Br)cc(C=Nc3ncn[nH]3)cc2OCC)cc1. The van der Waals surface area contributed by atoms with E-state index in [1.54, 1.807) is 6.21 Å². The molecular weight excluding hydrogens is 500 g/mol. The Morgan fingerprint density at radius 1 is 0.912 bits per heavy atom. The average Bonchev–Trinajstić information content (AvgIpc) is 3.36. The second-order valence-corrected chi connectivity index (χ2v) is 8.26. The number of rotatable bonds is 15. The molecule has 1 N–H and O–H groups in total. The van der Waals surface area contributed by atoms with E-state index in [0.29, 0.717) is 37.3 Å². The molecule has 182 valence electrons. The zero-order chi connectivity index (χ0) is 24.0. The van der Waals surface area contributed by atoms with E-state index in [2.05, 4.69) is 43.0 Å². The van der Waals surface area contributed by atoms with E-state index in [9.17, 15) is 0 Å². The predicted octanol–water partition coefficient (Wildman–Crippen LogP) is 6.13. The van der Waals surface area contributed by atoms with Gasteiger partial charge in [0, 0.05) is 6.21 Å². The van der Waals surface area contributed by atoms with Crippen LogP contribution in [0.1, 0.15) is 45.1 Å².